The van der Waals surface area contributed by atoms with E-state index in [9.17, 15) is 9.90 Å². The van der Waals surface area contributed by atoms with Crippen LogP contribution in [0.1, 0.15) is 113 Å². The van der Waals surface area contributed by atoms with Crippen molar-refractivity contribution in [3.63, 3.8) is 0 Å². The molecule has 0 unspecified atom stereocenters. The van der Waals surface area contributed by atoms with Gasteiger partial charge in [0.2, 0.25) is 0 Å². The number of aliphatic hydroxyl groups is 1. The van der Waals surface area contributed by atoms with Gasteiger partial charge in [0, 0.05) is 54.5 Å². The number of pyridine rings is 1. The summed E-state index contributed by atoms with van der Waals surface area (Å²) in [4.78, 5) is 12.3. The molecule has 0 saturated carbocycles. The molecule has 0 spiro atoms. The van der Waals surface area contributed by atoms with E-state index < -0.39 is 0 Å². The van der Waals surface area contributed by atoms with E-state index in [0.717, 1.165) is 11.3 Å². The van der Waals surface area contributed by atoms with Gasteiger partial charge in [0.25, 0.3) is 0 Å². The molecule has 3 nitrogen and oxygen atoms in total. The minimum atomic E-state index is -0.0119. The molecule has 0 aliphatic carbocycles. The first-order valence-corrected chi connectivity index (χ1v) is 19.6. The van der Waals surface area contributed by atoms with Gasteiger partial charge in [-0.05, 0) is 63.5 Å². The van der Waals surface area contributed by atoms with Crippen LogP contribution in [0.15, 0.2) is 72.6 Å². The quantitative estimate of drug-likeness (QED) is 0.0693. The number of rotatable bonds is 9. The fourth-order valence-electron chi connectivity index (χ4n) is 7.97. The molecule has 0 aliphatic heterocycles. The van der Waals surface area contributed by atoms with Crippen LogP contribution in [-0.2, 0) is 30.3 Å². The summed E-state index contributed by atoms with van der Waals surface area (Å²) in [7, 11) is 4.37. The Morgan fingerprint density at radius 3 is 1.85 bits per heavy atom. The fourth-order valence-corrected chi connectivity index (χ4v) is 9.28. The molecule has 5 aromatic rings. The Morgan fingerprint density at radius 2 is 1.33 bits per heavy atom. The number of nitrogens with zero attached hydrogens (tertiary/aromatic N) is 1. The number of carbonyl (C=O) groups excluding carboxylic acids is 1. The summed E-state index contributed by atoms with van der Waals surface area (Å²) < 4.78 is 4.63. The molecular formula is C47H62IrNO2S-. The molecule has 2 heterocycles. The van der Waals surface area contributed by atoms with E-state index in [1.54, 1.807) is 0 Å². The maximum absolute atomic E-state index is 12.3. The summed E-state index contributed by atoms with van der Waals surface area (Å²) in [5, 5.41) is 15.4. The number of hydrogen-bond donors (Lipinski definition) is 1. The number of hydrogen-bond acceptors (Lipinski definition) is 3. The second-order valence-corrected chi connectivity index (χ2v) is 18.2. The van der Waals surface area contributed by atoms with Gasteiger partial charge in [-0.15, -0.1) is 34.4 Å². The first kappa shape index (κ1) is 43.3. The number of aromatic nitrogens is 1. The molecule has 0 aliphatic rings. The van der Waals surface area contributed by atoms with Crippen molar-refractivity contribution < 1.29 is 34.6 Å². The first-order chi connectivity index (χ1) is 23.8. The smallest absolute Gasteiger partial charge is 0.162 e. The molecule has 0 saturated heterocycles. The molecule has 5 rings (SSSR count). The van der Waals surface area contributed by atoms with Gasteiger partial charge in [-0.2, -0.15) is 12.5 Å². The number of carbonyl (C=O) groups is 1. The van der Waals surface area contributed by atoms with Gasteiger partial charge in [0.1, 0.15) is 0 Å². The van der Waals surface area contributed by atoms with E-state index in [-0.39, 0.29) is 48.9 Å². The van der Waals surface area contributed by atoms with Gasteiger partial charge in [0.15, 0.2) is 5.78 Å². The van der Waals surface area contributed by atoms with Crippen molar-refractivity contribution in [1.29, 1.82) is 0 Å². The summed E-state index contributed by atoms with van der Waals surface area (Å²) in [6.45, 7) is 32.5. The minimum Gasteiger partial charge on any atom is -0.512 e. The third kappa shape index (κ3) is 9.15. The normalized spacial score (nSPS) is 12.7. The van der Waals surface area contributed by atoms with Crippen LogP contribution in [0.5, 0.6) is 0 Å². The van der Waals surface area contributed by atoms with Crippen molar-refractivity contribution in [1.82, 2.24) is 0 Å². The molecule has 0 bridgehead atoms. The standard InChI is InChI=1S/C30H30NS.C17H32O2.Ir/c1-18(2)20-12-13-23-24-14-15-31(7)28(29(24)32-27(23)16-20)25-17-26(30(4,5)6)22-11-9-8-10-21(22)19(25)3;1-10(2)16(11(3)4)14(18)9-15(19)17(12(5)6)13(7)8;/h8-18H,3,7H2,1-2,4-6H3;9-13,16-18H,1-8H3;/q-1;;/b;14-9-;. The Morgan fingerprint density at radius 1 is 0.769 bits per heavy atom. The molecule has 283 valence electrons. The summed E-state index contributed by atoms with van der Waals surface area (Å²) >= 11 is 1.87. The van der Waals surface area contributed by atoms with Crippen LogP contribution in [-0.4, -0.2) is 10.9 Å². The SMILES string of the molecule is CC(C)C(C(=O)/C=C(\O)C(C(C)C)C(C)C)C(C)C.[CH2-]c1c(-c2c3sc4cc(C(C)C)ccc4c3cc[n+]2[CH2-])cc(C(C)(C)C)c2ccccc12.[Ir]. The Bertz CT molecular complexity index is 2020. The zero-order chi connectivity index (χ0) is 38.1. The van der Waals surface area contributed by atoms with Crippen LogP contribution in [0, 0.1) is 49.5 Å². The van der Waals surface area contributed by atoms with Crippen molar-refractivity contribution in [2.75, 3.05) is 0 Å². The average Bonchev–Trinajstić information content (AvgIpc) is 3.38. The summed E-state index contributed by atoms with van der Waals surface area (Å²) in [6.07, 6.45) is 3.57. The Kier molecular flexibility index (Phi) is 14.4. The predicted molar refractivity (Wildman–Crippen MR) is 223 cm³/mol. The maximum atomic E-state index is 12.3. The number of ketones is 1. The van der Waals surface area contributed by atoms with E-state index in [1.165, 1.54) is 53.7 Å². The number of aliphatic hydroxyl groups excluding tert-OH is 1. The van der Waals surface area contributed by atoms with Crippen molar-refractivity contribution in [3.05, 3.63) is 103 Å². The van der Waals surface area contributed by atoms with E-state index in [1.807, 2.05) is 15.9 Å². The molecule has 3 aromatic carbocycles. The Labute approximate surface area is 332 Å². The van der Waals surface area contributed by atoms with Crippen LogP contribution in [0.4, 0.5) is 0 Å². The number of allylic oxidation sites excluding steroid dienone is 2. The van der Waals surface area contributed by atoms with Gasteiger partial charge >= 0.3 is 0 Å². The second-order valence-electron chi connectivity index (χ2n) is 17.1. The monoisotopic (exact) mass is 897 g/mol. The molecular weight excluding hydrogens is 835 g/mol. The van der Waals surface area contributed by atoms with Crippen molar-refractivity contribution in [3.8, 4) is 11.3 Å². The zero-order valence-corrected chi connectivity index (χ0v) is 37.1. The Balaban J connectivity index is 0.000000317. The number of fused-ring (bicyclic) bond motifs is 4. The van der Waals surface area contributed by atoms with Crippen molar-refractivity contribution >= 4 is 48.1 Å². The molecule has 1 N–H and O–H groups in total. The van der Waals surface area contributed by atoms with Crippen LogP contribution < -0.4 is 4.57 Å². The van der Waals surface area contributed by atoms with Crippen molar-refractivity contribution in [2.45, 2.75) is 101 Å². The van der Waals surface area contributed by atoms with Crippen LogP contribution in [0.3, 0.4) is 0 Å². The number of thiophene rings is 1. The molecule has 5 heteroatoms. The molecule has 0 fully saturated rings. The van der Waals surface area contributed by atoms with E-state index in [0.29, 0.717) is 29.6 Å². The van der Waals surface area contributed by atoms with Gasteiger partial charge in [0.05, 0.1) is 17.6 Å². The van der Waals surface area contributed by atoms with E-state index in [2.05, 4.69) is 165 Å². The fraction of sp³-hybridized carbons (Fsp3) is 0.447. The Hall–Kier alpha value is -3.11. The number of benzene rings is 3. The van der Waals surface area contributed by atoms with Gasteiger partial charge in [-0.3, -0.25) is 4.79 Å². The summed E-state index contributed by atoms with van der Waals surface area (Å²) in [5.74, 6) is 2.15. The summed E-state index contributed by atoms with van der Waals surface area (Å²) in [5.41, 5.74) is 6.14. The molecule has 0 atom stereocenters. The molecule has 1 radical (unpaired) electrons. The predicted octanol–water partition coefficient (Wildman–Crippen LogP) is 13.3. The zero-order valence-electron chi connectivity index (χ0n) is 33.9. The maximum Gasteiger partial charge on any atom is 0.162 e. The minimum absolute atomic E-state index is 0. The van der Waals surface area contributed by atoms with Crippen LogP contribution in [0.2, 0.25) is 0 Å². The largest absolute Gasteiger partial charge is 0.512 e. The molecule has 52 heavy (non-hydrogen) atoms. The third-order valence-electron chi connectivity index (χ3n) is 10.4. The van der Waals surface area contributed by atoms with Crippen LogP contribution in [0.25, 0.3) is 42.2 Å². The average molecular weight is 897 g/mol. The molecule has 2 aromatic heterocycles. The molecule has 0 amide bonds. The van der Waals surface area contributed by atoms with Crippen molar-refractivity contribution in [2.24, 2.45) is 35.5 Å². The van der Waals surface area contributed by atoms with Gasteiger partial charge in [-0.1, -0.05) is 131 Å². The van der Waals surface area contributed by atoms with Crippen LogP contribution >= 0.6 is 11.3 Å². The summed E-state index contributed by atoms with van der Waals surface area (Å²) in [6, 6.07) is 20.1. The van der Waals surface area contributed by atoms with E-state index in [4.69, 9.17) is 0 Å². The first-order valence-electron chi connectivity index (χ1n) is 18.8. The topological polar surface area (TPSA) is 41.2 Å². The van der Waals surface area contributed by atoms with Gasteiger partial charge in [-0.25, -0.2) is 0 Å². The van der Waals surface area contributed by atoms with E-state index >= 15 is 0 Å². The van der Waals surface area contributed by atoms with Gasteiger partial charge < -0.3 is 9.67 Å². The third-order valence-corrected chi connectivity index (χ3v) is 11.6. The second kappa shape index (κ2) is 17.4.